The predicted molar refractivity (Wildman–Crippen MR) is 128 cm³/mol. The maximum absolute atomic E-state index is 4.91. The molecule has 0 amide bonds. The van der Waals surface area contributed by atoms with E-state index < -0.39 is 0 Å². The molecular formula is C21H39IN6. The van der Waals surface area contributed by atoms with Crippen LogP contribution in [-0.2, 0) is 6.54 Å². The Hall–Kier alpha value is -0.830. The van der Waals surface area contributed by atoms with Gasteiger partial charge in [-0.15, -0.1) is 24.0 Å². The Morgan fingerprint density at radius 3 is 2.75 bits per heavy atom. The fraction of sp³-hybridized carbons (Fsp3) is 0.810. The summed E-state index contributed by atoms with van der Waals surface area (Å²) < 4.78 is 2.22. The minimum Gasteiger partial charge on any atom is -0.357 e. The first kappa shape index (κ1) is 23.4. The topological polar surface area (TPSA) is 48.7 Å². The molecule has 2 fully saturated rings. The van der Waals surface area contributed by atoms with Crippen LogP contribution in [0.4, 0.5) is 0 Å². The van der Waals surface area contributed by atoms with Crippen molar-refractivity contribution in [2.45, 2.75) is 58.9 Å². The molecule has 2 aliphatic heterocycles. The molecule has 2 saturated heterocycles. The normalized spacial score (nSPS) is 21.0. The van der Waals surface area contributed by atoms with Gasteiger partial charge in [-0.3, -0.25) is 4.99 Å². The first-order valence-corrected chi connectivity index (χ1v) is 11.0. The molecule has 0 aromatic carbocycles. The Balaban J connectivity index is 0.00000280. The summed E-state index contributed by atoms with van der Waals surface area (Å²) in [5.74, 6) is 3.03. The van der Waals surface area contributed by atoms with Crippen LogP contribution in [0.2, 0.25) is 0 Å². The summed E-state index contributed by atoms with van der Waals surface area (Å²) >= 11 is 0. The van der Waals surface area contributed by atoms with Crippen molar-refractivity contribution in [3.8, 4) is 0 Å². The van der Waals surface area contributed by atoms with E-state index in [1.54, 1.807) is 0 Å². The maximum atomic E-state index is 4.91. The second-order valence-corrected chi connectivity index (χ2v) is 8.07. The molecule has 1 aromatic heterocycles. The van der Waals surface area contributed by atoms with Crippen molar-refractivity contribution >= 4 is 29.9 Å². The van der Waals surface area contributed by atoms with Crippen molar-refractivity contribution < 1.29 is 0 Å². The van der Waals surface area contributed by atoms with E-state index >= 15 is 0 Å². The van der Waals surface area contributed by atoms with Crippen LogP contribution >= 0.6 is 24.0 Å². The summed E-state index contributed by atoms with van der Waals surface area (Å²) in [6.07, 6.45) is 11.7. The molecule has 0 aliphatic carbocycles. The van der Waals surface area contributed by atoms with Crippen LogP contribution in [0.3, 0.4) is 0 Å². The lowest BCUT2D eigenvalue weighted by Gasteiger charge is -2.29. The lowest BCUT2D eigenvalue weighted by atomic mass is 10.1. The Morgan fingerprint density at radius 2 is 2.04 bits per heavy atom. The first-order chi connectivity index (χ1) is 13.3. The van der Waals surface area contributed by atoms with Crippen molar-refractivity contribution in [2.75, 3.05) is 45.8 Å². The summed E-state index contributed by atoms with van der Waals surface area (Å²) in [6.45, 7) is 13.3. The molecule has 2 aliphatic rings. The standard InChI is InChI=1S/C21H38N6.HI/c1-3-22-21(24-10-5-8-14-26-16-11-23-19(26)2)27-15-9-20(18-27)17-25-12-6-4-7-13-25;/h11,16,20H,3-10,12-15,17-18H2,1-2H3,(H,22,24);1H. The molecule has 1 atom stereocenters. The van der Waals surface area contributed by atoms with Gasteiger partial charge in [-0.25, -0.2) is 4.98 Å². The van der Waals surface area contributed by atoms with E-state index in [1.165, 1.54) is 45.3 Å². The number of guanidine groups is 1. The molecule has 7 heteroatoms. The molecule has 0 radical (unpaired) electrons. The van der Waals surface area contributed by atoms with Crippen molar-refractivity contribution in [3.63, 3.8) is 0 Å². The van der Waals surface area contributed by atoms with Gasteiger partial charge in [0, 0.05) is 51.7 Å². The molecule has 160 valence electrons. The number of hydrogen-bond donors (Lipinski definition) is 1. The number of piperidine rings is 1. The number of rotatable bonds is 8. The molecule has 6 nitrogen and oxygen atoms in total. The van der Waals surface area contributed by atoms with Crippen LogP contribution in [0.25, 0.3) is 0 Å². The quantitative estimate of drug-likeness (QED) is 0.256. The number of hydrogen-bond acceptors (Lipinski definition) is 3. The highest BCUT2D eigenvalue weighted by Gasteiger charge is 2.26. The van der Waals surface area contributed by atoms with Crippen molar-refractivity contribution in [3.05, 3.63) is 18.2 Å². The van der Waals surface area contributed by atoms with Gasteiger partial charge in [0.2, 0.25) is 0 Å². The van der Waals surface area contributed by atoms with Gasteiger partial charge in [-0.05, 0) is 65.0 Å². The number of halogens is 1. The Morgan fingerprint density at radius 1 is 1.21 bits per heavy atom. The van der Waals surface area contributed by atoms with E-state index in [1.807, 2.05) is 6.20 Å². The number of aryl methyl sites for hydroxylation is 2. The second-order valence-electron chi connectivity index (χ2n) is 8.07. The van der Waals surface area contributed by atoms with E-state index in [9.17, 15) is 0 Å². The lowest BCUT2D eigenvalue weighted by Crippen LogP contribution is -2.41. The van der Waals surface area contributed by atoms with Crippen LogP contribution in [0, 0.1) is 12.8 Å². The Bertz CT molecular complexity index is 581. The molecule has 0 saturated carbocycles. The fourth-order valence-electron chi connectivity index (χ4n) is 4.33. The summed E-state index contributed by atoms with van der Waals surface area (Å²) in [7, 11) is 0. The van der Waals surface area contributed by atoms with Gasteiger partial charge >= 0.3 is 0 Å². The SMILES string of the molecule is CCNC(=NCCCCn1ccnc1C)N1CCC(CN2CCCCC2)C1.I. The first-order valence-electron chi connectivity index (χ1n) is 11.0. The molecule has 0 bridgehead atoms. The third-order valence-electron chi connectivity index (χ3n) is 5.88. The van der Waals surface area contributed by atoms with E-state index in [-0.39, 0.29) is 24.0 Å². The van der Waals surface area contributed by atoms with Gasteiger partial charge in [0.15, 0.2) is 5.96 Å². The van der Waals surface area contributed by atoms with E-state index in [0.717, 1.165) is 63.3 Å². The van der Waals surface area contributed by atoms with Crippen molar-refractivity contribution in [1.29, 1.82) is 0 Å². The largest absolute Gasteiger partial charge is 0.357 e. The highest BCUT2D eigenvalue weighted by atomic mass is 127. The van der Waals surface area contributed by atoms with Crippen molar-refractivity contribution in [2.24, 2.45) is 10.9 Å². The minimum absolute atomic E-state index is 0. The molecule has 1 N–H and O–H groups in total. The van der Waals surface area contributed by atoms with Gasteiger partial charge in [-0.1, -0.05) is 6.42 Å². The van der Waals surface area contributed by atoms with Gasteiger partial charge in [0.1, 0.15) is 5.82 Å². The van der Waals surface area contributed by atoms with E-state index in [2.05, 4.69) is 44.7 Å². The minimum atomic E-state index is 0. The number of unbranched alkanes of at least 4 members (excludes halogenated alkanes) is 1. The second kappa shape index (κ2) is 12.7. The van der Waals surface area contributed by atoms with Gasteiger partial charge < -0.3 is 19.7 Å². The average molecular weight is 502 g/mol. The molecule has 1 unspecified atom stereocenters. The molecule has 28 heavy (non-hydrogen) atoms. The highest BCUT2D eigenvalue weighted by molar-refractivity contribution is 14.0. The van der Waals surface area contributed by atoms with Gasteiger partial charge in [0.25, 0.3) is 0 Å². The smallest absolute Gasteiger partial charge is 0.193 e. The average Bonchev–Trinajstić information content (AvgIpc) is 3.31. The van der Waals surface area contributed by atoms with Crippen LogP contribution in [-0.4, -0.2) is 71.1 Å². The molecular weight excluding hydrogens is 463 g/mol. The van der Waals surface area contributed by atoms with Crippen molar-refractivity contribution in [1.82, 2.24) is 24.7 Å². The summed E-state index contributed by atoms with van der Waals surface area (Å²) in [6, 6.07) is 0. The maximum Gasteiger partial charge on any atom is 0.193 e. The van der Waals surface area contributed by atoms with Crippen LogP contribution in [0.1, 0.15) is 51.3 Å². The molecule has 1 aromatic rings. The summed E-state index contributed by atoms with van der Waals surface area (Å²) in [5.41, 5.74) is 0. The third-order valence-corrected chi connectivity index (χ3v) is 5.88. The Kier molecular flexibility index (Phi) is 10.6. The number of aromatic nitrogens is 2. The summed E-state index contributed by atoms with van der Waals surface area (Å²) in [5, 5.41) is 3.51. The van der Waals surface area contributed by atoms with Crippen LogP contribution in [0.15, 0.2) is 17.4 Å². The third kappa shape index (κ3) is 7.21. The number of aliphatic imine (C=N–C) groups is 1. The highest BCUT2D eigenvalue weighted by Crippen LogP contribution is 2.20. The van der Waals surface area contributed by atoms with Gasteiger partial charge in [-0.2, -0.15) is 0 Å². The fourth-order valence-corrected chi connectivity index (χ4v) is 4.33. The molecule has 0 spiro atoms. The Labute approximate surface area is 188 Å². The molecule has 3 heterocycles. The number of likely N-dealkylation sites (tertiary alicyclic amines) is 2. The summed E-state index contributed by atoms with van der Waals surface area (Å²) in [4.78, 5) is 14.4. The van der Waals surface area contributed by atoms with E-state index in [0.29, 0.717) is 0 Å². The van der Waals surface area contributed by atoms with E-state index in [4.69, 9.17) is 4.99 Å². The zero-order valence-corrected chi connectivity index (χ0v) is 20.1. The monoisotopic (exact) mass is 502 g/mol. The number of nitrogens with zero attached hydrogens (tertiary/aromatic N) is 5. The number of imidazole rings is 1. The lowest BCUT2D eigenvalue weighted by molar-refractivity contribution is 0.198. The molecule has 3 rings (SSSR count). The van der Waals surface area contributed by atoms with Crippen LogP contribution in [0.5, 0.6) is 0 Å². The zero-order chi connectivity index (χ0) is 18.9. The predicted octanol–water partition coefficient (Wildman–Crippen LogP) is 3.36. The zero-order valence-electron chi connectivity index (χ0n) is 17.8. The number of nitrogens with one attached hydrogen (secondary N) is 1. The van der Waals surface area contributed by atoms with Gasteiger partial charge in [0.05, 0.1) is 0 Å². The van der Waals surface area contributed by atoms with Crippen LogP contribution < -0.4 is 5.32 Å².